The first-order valence-electron chi connectivity index (χ1n) is 10.8. The summed E-state index contributed by atoms with van der Waals surface area (Å²) in [6.45, 7) is 5.05. The molecule has 2 amide bonds. The van der Waals surface area contributed by atoms with E-state index in [4.69, 9.17) is 4.42 Å². The maximum absolute atomic E-state index is 12.8. The fourth-order valence-corrected chi connectivity index (χ4v) is 4.03. The molecule has 1 saturated heterocycles. The molecule has 11 nitrogen and oxygen atoms in total. The Balaban J connectivity index is 1.48. The van der Waals surface area contributed by atoms with Gasteiger partial charge in [-0.1, -0.05) is 0 Å². The number of carbonyl (C=O) groups is 2. The van der Waals surface area contributed by atoms with Gasteiger partial charge in [-0.2, -0.15) is 5.10 Å². The maximum atomic E-state index is 12.8. The van der Waals surface area contributed by atoms with Gasteiger partial charge < -0.3 is 9.32 Å². The Morgan fingerprint density at radius 2 is 1.79 bits per heavy atom. The minimum Gasteiger partial charge on any atom is -0.455 e. The van der Waals surface area contributed by atoms with Gasteiger partial charge in [0, 0.05) is 61.4 Å². The second-order valence-electron chi connectivity index (χ2n) is 8.24. The van der Waals surface area contributed by atoms with Crippen molar-refractivity contribution in [3.05, 3.63) is 62.6 Å². The quantitative estimate of drug-likeness (QED) is 0.520. The van der Waals surface area contributed by atoms with Gasteiger partial charge in [0.25, 0.3) is 11.6 Å². The fraction of sp³-hybridized carbons (Fsp3) is 0.409. The van der Waals surface area contributed by atoms with Gasteiger partial charge in [-0.25, -0.2) is 10.4 Å². The van der Waals surface area contributed by atoms with Crippen LogP contribution in [-0.2, 0) is 6.42 Å². The number of non-ortho nitro benzene ring substituents is 1. The molecule has 0 saturated carbocycles. The van der Waals surface area contributed by atoms with Crippen LogP contribution in [0.3, 0.4) is 0 Å². The Bertz CT molecular complexity index is 1100. The number of hydrogen-bond donors (Lipinski definition) is 2. The smallest absolute Gasteiger partial charge is 0.301 e. The van der Waals surface area contributed by atoms with Crippen molar-refractivity contribution in [2.75, 3.05) is 33.2 Å². The predicted molar refractivity (Wildman–Crippen MR) is 120 cm³/mol. The Hall–Kier alpha value is -3.57. The number of rotatable bonds is 5. The molecule has 0 unspecified atom stereocenters. The van der Waals surface area contributed by atoms with Gasteiger partial charge >= 0.3 is 5.91 Å². The third-order valence-electron chi connectivity index (χ3n) is 5.93. The van der Waals surface area contributed by atoms with Crippen molar-refractivity contribution >= 4 is 23.2 Å². The average molecular weight is 454 g/mol. The third kappa shape index (κ3) is 4.94. The lowest BCUT2D eigenvalue weighted by molar-refractivity contribution is -0.384. The zero-order valence-corrected chi connectivity index (χ0v) is 18.6. The molecule has 1 aliphatic heterocycles. The Kier molecular flexibility index (Phi) is 6.52. The first kappa shape index (κ1) is 22.6. The van der Waals surface area contributed by atoms with Crippen LogP contribution < -0.4 is 10.9 Å². The third-order valence-corrected chi connectivity index (χ3v) is 5.93. The summed E-state index contributed by atoms with van der Waals surface area (Å²) >= 11 is 0. The number of furan rings is 1. The number of nitrogens with one attached hydrogen (secondary N) is 2. The lowest BCUT2D eigenvalue weighted by Gasteiger charge is -2.32. The second-order valence-corrected chi connectivity index (χ2v) is 8.24. The summed E-state index contributed by atoms with van der Waals surface area (Å²) in [5, 5.41) is 17.0. The first-order valence-corrected chi connectivity index (χ1v) is 10.8. The minimum absolute atomic E-state index is 0.0915. The molecule has 11 heteroatoms. The number of fused-ring (bicyclic) bond motifs is 1. The largest absolute Gasteiger partial charge is 0.455 e. The lowest BCUT2D eigenvalue weighted by atomic mass is 9.93. The van der Waals surface area contributed by atoms with Gasteiger partial charge in [0.2, 0.25) is 0 Å². The van der Waals surface area contributed by atoms with Crippen LogP contribution in [0.15, 0.2) is 33.8 Å². The monoisotopic (exact) mass is 454 g/mol. The number of aryl methyl sites for hydroxylation is 1. The first-order chi connectivity index (χ1) is 15.8. The van der Waals surface area contributed by atoms with Crippen LogP contribution in [0.1, 0.15) is 50.6 Å². The number of nitro benzene ring substituents is 1. The van der Waals surface area contributed by atoms with Crippen molar-refractivity contribution in [3.63, 3.8) is 0 Å². The Morgan fingerprint density at radius 1 is 1.09 bits per heavy atom. The second kappa shape index (κ2) is 9.51. The molecule has 174 valence electrons. The number of carbonyl (C=O) groups excluding carboxylic acids is 2. The van der Waals surface area contributed by atoms with E-state index < -0.39 is 10.8 Å². The van der Waals surface area contributed by atoms with Gasteiger partial charge in [-0.05, 0) is 38.9 Å². The van der Waals surface area contributed by atoms with Crippen LogP contribution in [0.5, 0.6) is 0 Å². The van der Waals surface area contributed by atoms with Crippen LogP contribution in [0.25, 0.3) is 0 Å². The molecule has 0 bridgehead atoms. The van der Waals surface area contributed by atoms with Gasteiger partial charge in [-0.3, -0.25) is 25.1 Å². The zero-order valence-electron chi connectivity index (χ0n) is 18.6. The topological polar surface area (TPSA) is 133 Å². The molecule has 0 radical (unpaired) electrons. The van der Waals surface area contributed by atoms with Crippen LogP contribution in [0.4, 0.5) is 5.69 Å². The van der Waals surface area contributed by atoms with Gasteiger partial charge in [-0.15, -0.1) is 0 Å². The normalized spacial score (nSPS) is 18.1. The minimum atomic E-state index is -0.523. The molecule has 33 heavy (non-hydrogen) atoms. The van der Waals surface area contributed by atoms with E-state index in [0.29, 0.717) is 29.9 Å². The standard InChI is InChI=1S/C22H26N6O5/c1-14-19-17(23-24-21(29)15-6-8-16(9-7-15)28(31)32)4-3-5-18(19)33-20(14)22(30)25-27-12-10-26(2)11-13-27/h6-9H,3-5,10-13H2,1-2H3,(H,24,29)(H,25,30)/b23-17+. The van der Waals surface area contributed by atoms with Gasteiger partial charge in [0.05, 0.1) is 10.6 Å². The van der Waals surface area contributed by atoms with E-state index in [1.807, 2.05) is 19.0 Å². The number of hydrogen-bond acceptors (Lipinski definition) is 8. The molecule has 0 atom stereocenters. The van der Waals surface area contributed by atoms with E-state index in [2.05, 4.69) is 20.9 Å². The molecule has 1 aromatic carbocycles. The highest BCUT2D eigenvalue weighted by molar-refractivity contribution is 6.07. The number of amides is 2. The average Bonchev–Trinajstić information content (AvgIpc) is 3.16. The highest BCUT2D eigenvalue weighted by Crippen LogP contribution is 2.30. The molecule has 1 aromatic heterocycles. The van der Waals surface area contributed by atoms with Gasteiger partial charge in [0.15, 0.2) is 5.76 Å². The van der Waals surface area contributed by atoms with Crippen molar-refractivity contribution in [2.24, 2.45) is 5.10 Å². The summed E-state index contributed by atoms with van der Waals surface area (Å²) < 4.78 is 5.91. The van der Waals surface area contributed by atoms with Crippen LogP contribution in [0.2, 0.25) is 0 Å². The maximum Gasteiger partial charge on any atom is 0.301 e. The van der Waals surface area contributed by atoms with Crippen molar-refractivity contribution in [3.8, 4) is 0 Å². The summed E-state index contributed by atoms with van der Waals surface area (Å²) in [5.74, 6) is 0.181. The van der Waals surface area contributed by atoms with E-state index in [1.54, 1.807) is 0 Å². The highest BCUT2D eigenvalue weighted by Gasteiger charge is 2.29. The molecule has 4 rings (SSSR count). The number of hydrazine groups is 1. The number of hydrazone groups is 1. The summed E-state index contributed by atoms with van der Waals surface area (Å²) in [7, 11) is 2.05. The molecule has 2 N–H and O–H groups in total. The van der Waals surface area contributed by atoms with Crippen LogP contribution >= 0.6 is 0 Å². The number of benzene rings is 1. The number of nitrogens with zero attached hydrogens (tertiary/aromatic N) is 4. The van der Waals surface area contributed by atoms with E-state index in [-0.39, 0.29) is 22.9 Å². The molecular formula is C22H26N6O5. The number of likely N-dealkylation sites (N-methyl/N-ethyl adjacent to an activating group) is 1. The molecular weight excluding hydrogens is 428 g/mol. The van der Waals surface area contributed by atoms with E-state index >= 15 is 0 Å². The summed E-state index contributed by atoms with van der Waals surface area (Å²) in [4.78, 5) is 37.7. The SMILES string of the molecule is Cc1c(C(=O)NN2CCN(C)CC2)oc2c1/C(=N/NC(=O)c1ccc([N+](=O)[O-])cc1)CCC2. The van der Waals surface area contributed by atoms with Crippen molar-refractivity contribution < 1.29 is 18.9 Å². The van der Waals surface area contributed by atoms with E-state index in [1.165, 1.54) is 24.3 Å². The summed E-state index contributed by atoms with van der Waals surface area (Å²) in [5.41, 5.74) is 7.71. The number of nitro groups is 1. The summed E-state index contributed by atoms with van der Waals surface area (Å²) in [6, 6.07) is 5.30. The Morgan fingerprint density at radius 3 is 2.45 bits per heavy atom. The molecule has 1 fully saturated rings. The van der Waals surface area contributed by atoms with Crippen molar-refractivity contribution in [1.82, 2.24) is 20.8 Å². The van der Waals surface area contributed by atoms with E-state index in [0.717, 1.165) is 38.2 Å². The number of piperazine rings is 1. The zero-order chi connectivity index (χ0) is 23.5. The molecule has 1 aliphatic carbocycles. The molecule has 0 spiro atoms. The van der Waals surface area contributed by atoms with Gasteiger partial charge in [0.1, 0.15) is 5.76 Å². The molecule has 2 heterocycles. The lowest BCUT2D eigenvalue weighted by Crippen LogP contribution is -2.52. The van der Waals surface area contributed by atoms with Crippen LogP contribution in [0, 0.1) is 17.0 Å². The molecule has 2 aliphatic rings. The fourth-order valence-electron chi connectivity index (χ4n) is 4.03. The van der Waals surface area contributed by atoms with E-state index in [9.17, 15) is 19.7 Å². The van der Waals surface area contributed by atoms with Crippen LogP contribution in [-0.4, -0.2) is 65.6 Å². The van der Waals surface area contributed by atoms with Crippen molar-refractivity contribution in [1.29, 1.82) is 0 Å². The highest BCUT2D eigenvalue weighted by atomic mass is 16.6. The predicted octanol–water partition coefficient (Wildman–Crippen LogP) is 1.86. The molecule has 2 aromatic rings. The van der Waals surface area contributed by atoms with Crippen molar-refractivity contribution in [2.45, 2.75) is 26.2 Å². The Labute approximate surface area is 190 Å². The summed E-state index contributed by atoms with van der Waals surface area (Å²) in [6.07, 6.45) is 2.10.